The number of hydrogen-bond donors (Lipinski definition) is 1. The average molecular weight is 191 g/mol. The second-order valence-electron chi connectivity index (χ2n) is 3.34. The molecule has 0 atom stereocenters. The summed E-state index contributed by atoms with van der Waals surface area (Å²) in [6.07, 6.45) is 4.11. The van der Waals surface area contributed by atoms with Crippen molar-refractivity contribution in [2.75, 3.05) is 6.61 Å². The highest BCUT2D eigenvalue weighted by Crippen LogP contribution is 2.38. The van der Waals surface area contributed by atoms with Gasteiger partial charge < -0.3 is 4.74 Å². The van der Waals surface area contributed by atoms with Crippen LogP contribution in [0.5, 0.6) is 0 Å². The summed E-state index contributed by atoms with van der Waals surface area (Å²) in [7, 11) is 0. The monoisotopic (exact) mass is 191 g/mol. The Morgan fingerprint density at radius 1 is 1.64 bits per heavy atom. The van der Waals surface area contributed by atoms with Crippen LogP contribution in [-0.2, 0) is 4.74 Å². The van der Waals surface area contributed by atoms with Crippen molar-refractivity contribution in [1.82, 2.24) is 9.97 Å². The van der Waals surface area contributed by atoms with E-state index in [4.69, 9.17) is 10.1 Å². The number of ether oxygens (including phenoxy) is 1. The maximum absolute atomic E-state index is 7.54. The first-order chi connectivity index (χ1) is 6.81. The van der Waals surface area contributed by atoms with E-state index >= 15 is 0 Å². The Labute approximate surface area is 82.9 Å². The molecule has 0 unspecified atom stereocenters. The lowest BCUT2D eigenvalue weighted by molar-refractivity contribution is 0.323. The molecular formula is C10H13N3O. The van der Waals surface area contributed by atoms with Gasteiger partial charge in [-0.25, -0.2) is 9.97 Å². The van der Waals surface area contributed by atoms with E-state index in [-0.39, 0.29) is 5.90 Å². The van der Waals surface area contributed by atoms with Crippen LogP contribution in [0.2, 0.25) is 0 Å². The van der Waals surface area contributed by atoms with E-state index in [1.807, 2.05) is 13.0 Å². The maximum Gasteiger partial charge on any atom is 0.252 e. The Bertz CT molecular complexity index is 347. The molecular weight excluding hydrogens is 178 g/mol. The molecule has 2 rings (SSSR count). The largest absolute Gasteiger partial charge is 0.476 e. The molecule has 1 aliphatic carbocycles. The summed E-state index contributed by atoms with van der Waals surface area (Å²) in [5.74, 6) is 1.05. The highest BCUT2D eigenvalue weighted by Gasteiger charge is 2.25. The van der Waals surface area contributed by atoms with Crippen LogP contribution < -0.4 is 0 Å². The predicted molar refractivity (Wildman–Crippen MR) is 52.5 cm³/mol. The van der Waals surface area contributed by atoms with Gasteiger partial charge in [0.1, 0.15) is 0 Å². The molecule has 1 aromatic heterocycles. The minimum atomic E-state index is 0.0648. The third-order valence-corrected chi connectivity index (χ3v) is 2.16. The fourth-order valence-corrected chi connectivity index (χ4v) is 1.30. The van der Waals surface area contributed by atoms with E-state index in [9.17, 15) is 0 Å². The first-order valence-electron chi connectivity index (χ1n) is 4.86. The Kier molecular flexibility index (Phi) is 2.43. The highest BCUT2D eigenvalue weighted by atomic mass is 16.5. The molecule has 4 heteroatoms. The van der Waals surface area contributed by atoms with Gasteiger partial charge in [0.15, 0.2) is 0 Å². The molecule has 0 amide bonds. The van der Waals surface area contributed by atoms with Crippen LogP contribution in [0.15, 0.2) is 12.3 Å². The van der Waals surface area contributed by atoms with Crippen molar-refractivity contribution >= 4 is 5.90 Å². The van der Waals surface area contributed by atoms with Crippen molar-refractivity contribution in [3.05, 3.63) is 23.8 Å². The van der Waals surface area contributed by atoms with Gasteiger partial charge in [0, 0.05) is 17.8 Å². The summed E-state index contributed by atoms with van der Waals surface area (Å²) in [5, 5.41) is 7.54. The summed E-state index contributed by atoms with van der Waals surface area (Å²) >= 11 is 0. The van der Waals surface area contributed by atoms with E-state index in [1.165, 1.54) is 12.8 Å². The minimum absolute atomic E-state index is 0.0648. The molecule has 4 nitrogen and oxygen atoms in total. The van der Waals surface area contributed by atoms with Crippen molar-refractivity contribution in [1.29, 1.82) is 5.41 Å². The maximum atomic E-state index is 7.54. The molecule has 0 bridgehead atoms. The fraction of sp³-hybridized carbons (Fsp3) is 0.500. The van der Waals surface area contributed by atoms with E-state index in [0.29, 0.717) is 18.3 Å². The van der Waals surface area contributed by atoms with Gasteiger partial charge in [-0.3, -0.25) is 5.41 Å². The molecule has 14 heavy (non-hydrogen) atoms. The van der Waals surface area contributed by atoms with Crippen molar-refractivity contribution in [3.63, 3.8) is 0 Å². The SMILES string of the molecule is CCOC(=N)c1nccc(C2CC2)n1. The standard InChI is InChI=1S/C10H13N3O/c1-2-14-9(11)10-12-6-5-8(13-10)7-3-4-7/h5-7,11H,2-4H2,1H3. The second-order valence-corrected chi connectivity index (χ2v) is 3.34. The molecule has 0 spiro atoms. The Hall–Kier alpha value is -1.45. The molecule has 0 saturated heterocycles. The zero-order valence-electron chi connectivity index (χ0n) is 8.16. The minimum Gasteiger partial charge on any atom is -0.476 e. The average Bonchev–Trinajstić information content (AvgIpc) is 3.02. The molecule has 1 heterocycles. The summed E-state index contributed by atoms with van der Waals surface area (Å²) in [4.78, 5) is 8.30. The van der Waals surface area contributed by atoms with Crippen LogP contribution in [0, 0.1) is 5.41 Å². The van der Waals surface area contributed by atoms with Crippen LogP contribution in [0.25, 0.3) is 0 Å². The topological polar surface area (TPSA) is 58.9 Å². The smallest absolute Gasteiger partial charge is 0.252 e. The number of rotatable bonds is 3. The lowest BCUT2D eigenvalue weighted by Crippen LogP contribution is -2.10. The molecule has 1 aliphatic rings. The number of nitrogens with zero attached hydrogens (tertiary/aromatic N) is 2. The van der Waals surface area contributed by atoms with Crippen LogP contribution in [0.4, 0.5) is 0 Å². The fourth-order valence-electron chi connectivity index (χ4n) is 1.30. The van der Waals surface area contributed by atoms with Gasteiger partial charge in [-0.1, -0.05) is 0 Å². The van der Waals surface area contributed by atoms with Gasteiger partial charge in [-0.05, 0) is 25.8 Å². The Morgan fingerprint density at radius 3 is 3.07 bits per heavy atom. The number of aromatic nitrogens is 2. The first kappa shape index (κ1) is 9.12. The third-order valence-electron chi connectivity index (χ3n) is 2.16. The molecule has 1 fully saturated rings. The van der Waals surface area contributed by atoms with Crippen molar-refractivity contribution in [2.24, 2.45) is 0 Å². The predicted octanol–water partition coefficient (Wildman–Crippen LogP) is 1.72. The first-order valence-corrected chi connectivity index (χ1v) is 4.86. The molecule has 0 aliphatic heterocycles. The Morgan fingerprint density at radius 2 is 2.43 bits per heavy atom. The summed E-state index contributed by atoms with van der Waals surface area (Å²) in [6.45, 7) is 2.33. The van der Waals surface area contributed by atoms with Gasteiger partial charge >= 0.3 is 0 Å². The zero-order chi connectivity index (χ0) is 9.97. The molecule has 1 N–H and O–H groups in total. The zero-order valence-corrected chi connectivity index (χ0v) is 8.16. The second kappa shape index (κ2) is 3.74. The van der Waals surface area contributed by atoms with Gasteiger partial charge in [0.2, 0.25) is 5.82 Å². The van der Waals surface area contributed by atoms with Crippen molar-refractivity contribution in [3.8, 4) is 0 Å². The quantitative estimate of drug-likeness (QED) is 0.584. The molecule has 1 aromatic rings. The number of nitrogens with one attached hydrogen (secondary N) is 1. The van der Waals surface area contributed by atoms with Crippen LogP contribution in [0.1, 0.15) is 37.2 Å². The van der Waals surface area contributed by atoms with Crippen LogP contribution in [-0.4, -0.2) is 22.5 Å². The van der Waals surface area contributed by atoms with Gasteiger partial charge in [0.25, 0.3) is 5.90 Å². The molecule has 74 valence electrons. The number of hydrogen-bond acceptors (Lipinski definition) is 4. The van der Waals surface area contributed by atoms with Crippen LogP contribution in [0.3, 0.4) is 0 Å². The molecule has 0 aromatic carbocycles. The van der Waals surface area contributed by atoms with Gasteiger partial charge in [-0.2, -0.15) is 0 Å². The van der Waals surface area contributed by atoms with Crippen molar-refractivity contribution < 1.29 is 4.74 Å². The lowest BCUT2D eigenvalue weighted by Gasteiger charge is -2.04. The highest BCUT2D eigenvalue weighted by molar-refractivity contribution is 5.87. The molecule has 1 saturated carbocycles. The van der Waals surface area contributed by atoms with Gasteiger partial charge in [-0.15, -0.1) is 0 Å². The normalized spacial score (nSPS) is 15.2. The summed E-state index contributed by atoms with van der Waals surface area (Å²) in [6, 6.07) is 1.92. The molecule has 0 radical (unpaired) electrons. The summed E-state index contributed by atoms with van der Waals surface area (Å²) < 4.78 is 5.04. The van der Waals surface area contributed by atoms with E-state index in [2.05, 4.69) is 9.97 Å². The lowest BCUT2D eigenvalue weighted by atomic mass is 10.3. The third kappa shape index (κ3) is 1.89. The van der Waals surface area contributed by atoms with E-state index < -0.39 is 0 Å². The summed E-state index contributed by atoms with van der Waals surface area (Å²) in [5.41, 5.74) is 1.04. The van der Waals surface area contributed by atoms with E-state index in [1.54, 1.807) is 6.20 Å². The van der Waals surface area contributed by atoms with Crippen molar-refractivity contribution in [2.45, 2.75) is 25.7 Å². The Balaban J connectivity index is 2.16. The van der Waals surface area contributed by atoms with Crippen LogP contribution >= 0.6 is 0 Å². The van der Waals surface area contributed by atoms with Gasteiger partial charge in [0.05, 0.1) is 6.61 Å². The van der Waals surface area contributed by atoms with E-state index in [0.717, 1.165) is 5.69 Å².